The number of benzene rings is 1. The van der Waals surface area contributed by atoms with Crippen LogP contribution in [-0.2, 0) is 0 Å². The van der Waals surface area contributed by atoms with E-state index in [2.05, 4.69) is 48.7 Å². The third-order valence-electron chi connectivity index (χ3n) is 3.99. The van der Waals surface area contributed by atoms with Gasteiger partial charge in [0.1, 0.15) is 0 Å². The fourth-order valence-electron chi connectivity index (χ4n) is 3.24. The summed E-state index contributed by atoms with van der Waals surface area (Å²) in [5.41, 5.74) is 2.85. The molecule has 1 heterocycles. The van der Waals surface area contributed by atoms with E-state index in [4.69, 9.17) is 0 Å². The van der Waals surface area contributed by atoms with Crippen LogP contribution in [-0.4, -0.2) is 6.04 Å². The molecule has 1 N–H and O–H groups in total. The lowest BCUT2D eigenvalue weighted by Gasteiger charge is -2.37. The van der Waals surface area contributed by atoms with Crippen molar-refractivity contribution in [1.82, 2.24) is 0 Å². The van der Waals surface area contributed by atoms with Crippen molar-refractivity contribution in [3.8, 4) is 0 Å². The zero-order valence-electron chi connectivity index (χ0n) is 9.82. The van der Waals surface area contributed by atoms with Crippen LogP contribution in [0.15, 0.2) is 36.4 Å². The Hall–Kier alpha value is -1.24. The zero-order chi connectivity index (χ0) is 11.0. The molecule has 84 valence electrons. The molecule has 1 heteroatoms. The van der Waals surface area contributed by atoms with Crippen molar-refractivity contribution in [1.29, 1.82) is 0 Å². The van der Waals surface area contributed by atoms with Gasteiger partial charge in [0.2, 0.25) is 0 Å². The SMILES string of the molecule is CCC[C@H]1Nc2ccccc2[C@@H]2C=CCC12. The lowest BCUT2D eigenvalue weighted by Crippen LogP contribution is -2.35. The predicted molar refractivity (Wildman–Crippen MR) is 68.7 cm³/mol. The molecule has 1 aromatic rings. The van der Waals surface area contributed by atoms with Crippen LogP contribution in [0.1, 0.15) is 37.7 Å². The summed E-state index contributed by atoms with van der Waals surface area (Å²) in [7, 11) is 0. The fourth-order valence-corrected chi connectivity index (χ4v) is 3.24. The maximum absolute atomic E-state index is 3.73. The van der Waals surface area contributed by atoms with Gasteiger partial charge in [-0.15, -0.1) is 0 Å². The highest BCUT2D eigenvalue weighted by Crippen LogP contribution is 2.45. The summed E-state index contributed by atoms with van der Waals surface area (Å²) in [6.07, 6.45) is 8.58. The third kappa shape index (κ3) is 1.46. The minimum atomic E-state index is 0.661. The molecule has 0 fully saturated rings. The van der Waals surface area contributed by atoms with Gasteiger partial charge in [-0.25, -0.2) is 0 Å². The standard InChI is InChI=1S/C15H19N/c1-2-6-14-13-9-5-8-11(13)12-7-3-4-10-15(12)16-14/h3-5,7-8,10-11,13-14,16H,2,6,9H2,1H3/t11-,13?,14+/m0/s1. The first-order valence-corrected chi connectivity index (χ1v) is 6.42. The third-order valence-corrected chi connectivity index (χ3v) is 3.99. The highest BCUT2D eigenvalue weighted by Gasteiger charge is 2.35. The van der Waals surface area contributed by atoms with E-state index in [1.165, 1.54) is 30.5 Å². The summed E-state index contributed by atoms with van der Waals surface area (Å²) in [5, 5.41) is 3.73. The Bertz CT molecular complexity index is 408. The van der Waals surface area contributed by atoms with Gasteiger partial charge in [-0.3, -0.25) is 0 Å². The second kappa shape index (κ2) is 3.97. The van der Waals surface area contributed by atoms with Gasteiger partial charge in [-0.1, -0.05) is 43.7 Å². The predicted octanol–water partition coefficient (Wildman–Crippen LogP) is 3.94. The molecule has 1 aliphatic carbocycles. The van der Waals surface area contributed by atoms with Gasteiger partial charge in [-0.05, 0) is 30.4 Å². The Kier molecular flexibility index (Phi) is 2.47. The van der Waals surface area contributed by atoms with Crippen LogP contribution in [0.3, 0.4) is 0 Å². The topological polar surface area (TPSA) is 12.0 Å². The van der Waals surface area contributed by atoms with Gasteiger partial charge >= 0.3 is 0 Å². The Labute approximate surface area is 97.6 Å². The Morgan fingerprint density at radius 2 is 2.19 bits per heavy atom. The van der Waals surface area contributed by atoms with E-state index in [0.717, 1.165) is 5.92 Å². The fraction of sp³-hybridized carbons (Fsp3) is 0.467. The van der Waals surface area contributed by atoms with Crippen molar-refractivity contribution >= 4 is 5.69 Å². The quantitative estimate of drug-likeness (QED) is 0.734. The van der Waals surface area contributed by atoms with E-state index in [1.807, 2.05) is 0 Å². The van der Waals surface area contributed by atoms with Gasteiger partial charge in [0.05, 0.1) is 0 Å². The highest BCUT2D eigenvalue weighted by molar-refractivity contribution is 5.58. The molecule has 0 bridgehead atoms. The number of fused-ring (bicyclic) bond motifs is 3. The molecule has 0 amide bonds. The molecule has 1 unspecified atom stereocenters. The summed E-state index contributed by atoms with van der Waals surface area (Å²) in [5.74, 6) is 1.45. The van der Waals surface area contributed by atoms with Crippen LogP contribution >= 0.6 is 0 Å². The van der Waals surface area contributed by atoms with Crippen molar-refractivity contribution in [2.75, 3.05) is 5.32 Å². The van der Waals surface area contributed by atoms with Crippen molar-refractivity contribution < 1.29 is 0 Å². The number of hydrogen-bond acceptors (Lipinski definition) is 1. The molecule has 16 heavy (non-hydrogen) atoms. The molecule has 0 spiro atoms. The molecule has 1 aliphatic heterocycles. The van der Waals surface area contributed by atoms with Crippen LogP contribution in [0.4, 0.5) is 5.69 Å². The van der Waals surface area contributed by atoms with Crippen LogP contribution < -0.4 is 5.32 Å². The van der Waals surface area contributed by atoms with E-state index in [-0.39, 0.29) is 0 Å². The van der Waals surface area contributed by atoms with E-state index in [0.29, 0.717) is 12.0 Å². The minimum absolute atomic E-state index is 0.661. The van der Waals surface area contributed by atoms with Crippen LogP contribution in [0.25, 0.3) is 0 Å². The van der Waals surface area contributed by atoms with Crippen LogP contribution in [0.2, 0.25) is 0 Å². The normalized spacial score (nSPS) is 30.7. The summed E-state index contributed by atoms with van der Waals surface area (Å²) in [6, 6.07) is 9.45. The van der Waals surface area contributed by atoms with E-state index in [9.17, 15) is 0 Å². The van der Waals surface area contributed by atoms with E-state index >= 15 is 0 Å². The molecule has 1 aromatic carbocycles. The first kappa shape index (κ1) is 9.95. The van der Waals surface area contributed by atoms with Crippen molar-refractivity contribution in [3.63, 3.8) is 0 Å². The van der Waals surface area contributed by atoms with Gasteiger partial charge in [-0.2, -0.15) is 0 Å². The minimum Gasteiger partial charge on any atom is -0.382 e. The lowest BCUT2D eigenvalue weighted by atomic mass is 9.78. The average Bonchev–Trinajstić information content (AvgIpc) is 2.79. The largest absolute Gasteiger partial charge is 0.382 e. The van der Waals surface area contributed by atoms with Crippen molar-refractivity contribution in [2.45, 2.75) is 38.1 Å². The number of anilines is 1. The van der Waals surface area contributed by atoms with Gasteiger partial charge < -0.3 is 5.32 Å². The summed E-state index contributed by atoms with van der Waals surface area (Å²) < 4.78 is 0. The number of para-hydroxylation sites is 1. The molecular weight excluding hydrogens is 194 g/mol. The highest BCUT2D eigenvalue weighted by atomic mass is 14.9. The Balaban J connectivity index is 1.98. The maximum Gasteiger partial charge on any atom is 0.0381 e. The van der Waals surface area contributed by atoms with Gasteiger partial charge in [0, 0.05) is 17.6 Å². The molecule has 0 saturated carbocycles. The van der Waals surface area contributed by atoms with Crippen molar-refractivity contribution in [2.24, 2.45) is 5.92 Å². The van der Waals surface area contributed by atoms with Crippen LogP contribution in [0, 0.1) is 5.92 Å². The summed E-state index contributed by atoms with van der Waals surface area (Å²) >= 11 is 0. The lowest BCUT2D eigenvalue weighted by molar-refractivity contribution is 0.394. The molecule has 0 saturated heterocycles. The zero-order valence-corrected chi connectivity index (χ0v) is 9.82. The second-order valence-corrected chi connectivity index (χ2v) is 4.98. The maximum atomic E-state index is 3.73. The number of allylic oxidation sites excluding steroid dienone is 2. The molecule has 0 aromatic heterocycles. The van der Waals surface area contributed by atoms with E-state index < -0.39 is 0 Å². The smallest absolute Gasteiger partial charge is 0.0381 e. The van der Waals surface area contributed by atoms with Crippen molar-refractivity contribution in [3.05, 3.63) is 42.0 Å². The first-order chi connectivity index (χ1) is 7.90. The van der Waals surface area contributed by atoms with E-state index in [1.54, 1.807) is 0 Å². The molecule has 1 nitrogen and oxygen atoms in total. The Morgan fingerprint density at radius 3 is 3.06 bits per heavy atom. The number of nitrogens with one attached hydrogen (secondary N) is 1. The Morgan fingerprint density at radius 1 is 1.31 bits per heavy atom. The molecule has 3 rings (SSSR count). The number of rotatable bonds is 2. The van der Waals surface area contributed by atoms with Gasteiger partial charge in [0.15, 0.2) is 0 Å². The van der Waals surface area contributed by atoms with Crippen LogP contribution in [0.5, 0.6) is 0 Å². The first-order valence-electron chi connectivity index (χ1n) is 6.42. The van der Waals surface area contributed by atoms with Gasteiger partial charge in [0.25, 0.3) is 0 Å². The second-order valence-electron chi connectivity index (χ2n) is 4.98. The molecule has 2 aliphatic rings. The number of hydrogen-bond donors (Lipinski definition) is 1. The molecule has 0 radical (unpaired) electrons. The monoisotopic (exact) mass is 213 g/mol. The molecule has 3 atom stereocenters. The average molecular weight is 213 g/mol. The summed E-state index contributed by atoms with van der Waals surface area (Å²) in [6.45, 7) is 2.28. The molecular formula is C15H19N. The summed E-state index contributed by atoms with van der Waals surface area (Å²) in [4.78, 5) is 0.